The Hall–Kier alpha value is -1.26. The summed E-state index contributed by atoms with van der Waals surface area (Å²) in [5, 5.41) is 3.03. The van der Waals surface area contributed by atoms with E-state index in [0.717, 1.165) is 17.9 Å². The van der Waals surface area contributed by atoms with Crippen LogP contribution in [0.4, 0.5) is 0 Å². The number of benzene rings is 1. The second-order valence-corrected chi connectivity index (χ2v) is 4.28. The number of amides is 1. The summed E-state index contributed by atoms with van der Waals surface area (Å²) >= 11 is 0. The minimum atomic E-state index is -0.353. The van der Waals surface area contributed by atoms with Gasteiger partial charge in [0.1, 0.15) is 5.75 Å². The van der Waals surface area contributed by atoms with E-state index in [4.69, 9.17) is 4.74 Å². The van der Waals surface area contributed by atoms with Gasteiger partial charge in [0, 0.05) is 26.6 Å². The molecule has 1 unspecified atom stereocenters. The summed E-state index contributed by atoms with van der Waals surface area (Å²) in [5.74, 6) is 0.893. The lowest BCUT2D eigenvalue weighted by Gasteiger charge is -2.20. The Balaban J connectivity index is 0.00000162. The average Bonchev–Trinajstić information content (AvgIpc) is 2.78. The molecule has 18 heavy (non-hydrogen) atoms. The molecular weight excluding hydrogens is 252 g/mol. The Kier molecular flexibility index (Phi) is 5.44. The van der Waals surface area contributed by atoms with Crippen molar-refractivity contribution in [2.45, 2.75) is 12.5 Å². The summed E-state index contributed by atoms with van der Waals surface area (Å²) in [5.41, 5.74) is 1.12. The predicted molar refractivity (Wildman–Crippen MR) is 73.4 cm³/mol. The van der Waals surface area contributed by atoms with E-state index < -0.39 is 0 Å². The fourth-order valence-corrected chi connectivity index (χ4v) is 1.96. The Bertz CT molecular complexity index is 387. The summed E-state index contributed by atoms with van der Waals surface area (Å²) in [6, 6.07) is 7.82. The molecule has 1 aliphatic rings. The molecule has 1 aromatic carbocycles. The first-order valence-electron chi connectivity index (χ1n) is 5.86. The van der Waals surface area contributed by atoms with Crippen molar-refractivity contribution >= 4 is 18.3 Å². The Morgan fingerprint density at radius 3 is 2.89 bits per heavy atom. The van der Waals surface area contributed by atoms with Gasteiger partial charge in [-0.25, -0.2) is 0 Å². The SMILES string of the molecule is CNCCN(C)C(=O)C1Cc2ccccc2O1.Cl. The number of para-hydroxylation sites is 1. The van der Waals surface area contributed by atoms with Crippen LogP contribution in [0.3, 0.4) is 0 Å². The smallest absolute Gasteiger partial charge is 0.263 e. The zero-order valence-corrected chi connectivity index (χ0v) is 11.5. The summed E-state index contributed by atoms with van der Waals surface area (Å²) in [6.45, 7) is 1.49. The number of ether oxygens (including phenoxy) is 1. The second kappa shape index (κ2) is 6.61. The number of likely N-dealkylation sites (N-methyl/N-ethyl adjacent to an activating group) is 2. The zero-order valence-electron chi connectivity index (χ0n) is 10.7. The number of nitrogens with one attached hydrogen (secondary N) is 1. The molecule has 0 radical (unpaired) electrons. The van der Waals surface area contributed by atoms with Crippen LogP contribution in [-0.2, 0) is 11.2 Å². The predicted octanol–water partition coefficient (Wildman–Crippen LogP) is 1.09. The van der Waals surface area contributed by atoms with Crippen LogP contribution in [0.25, 0.3) is 0 Å². The van der Waals surface area contributed by atoms with Crippen LogP contribution >= 0.6 is 12.4 Å². The molecule has 1 amide bonds. The van der Waals surface area contributed by atoms with E-state index in [2.05, 4.69) is 5.32 Å². The Labute approximate surface area is 114 Å². The molecule has 1 aliphatic heterocycles. The lowest BCUT2D eigenvalue weighted by Crippen LogP contribution is -2.41. The monoisotopic (exact) mass is 270 g/mol. The van der Waals surface area contributed by atoms with E-state index >= 15 is 0 Å². The van der Waals surface area contributed by atoms with Crippen LogP contribution in [0.1, 0.15) is 5.56 Å². The van der Waals surface area contributed by atoms with Crippen molar-refractivity contribution in [2.24, 2.45) is 0 Å². The molecule has 1 N–H and O–H groups in total. The normalized spacial score (nSPS) is 16.4. The van der Waals surface area contributed by atoms with Crippen molar-refractivity contribution < 1.29 is 9.53 Å². The van der Waals surface area contributed by atoms with Crippen LogP contribution < -0.4 is 10.1 Å². The number of carbonyl (C=O) groups excluding carboxylic acids is 1. The molecule has 4 nitrogen and oxygen atoms in total. The molecule has 100 valence electrons. The van der Waals surface area contributed by atoms with Crippen LogP contribution in [0, 0.1) is 0 Å². The van der Waals surface area contributed by atoms with Crippen LogP contribution in [0.2, 0.25) is 0 Å². The van der Waals surface area contributed by atoms with Gasteiger partial charge in [-0.05, 0) is 18.7 Å². The molecule has 5 heteroatoms. The molecule has 0 spiro atoms. The molecule has 0 aromatic heterocycles. The maximum atomic E-state index is 12.1. The Morgan fingerprint density at radius 2 is 2.22 bits per heavy atom. The first-order valence-corrected chi connectivity index (χ1v) is 5.86. The largest absolute Gasteiger partial charge is 0.480 e. The summed E-state index contributed by atoms with van der Waals surface area (Å²) in [4.78, 5) is 13.8. The van der Waals surface area contributed by atoms with Crippen LogP contribution in [0.5, 0.6) is 5.75 Å². The van der Waals surface area contributed by atoms with Gasteiger partial charge < -0.3 is 15.0 Å². The third-order valence-corrected chi connectivity index (χ3v) is 3.00. The fourth-order valence-electron chi connectivity index (χ4n) is 1.96. The van der Waals surface area contributed by atoms with Gasteiger partial charge in [0.25, 0.3) is 5.91 Å². The van der Waals surface area contributed by atoms with Gasteiger partial charge in [-0.1, -0.05) is 18.2 Å². The molecule has 0 saturated heterocycles. The van der Waals surface area contributed by atoms with Gasteiger partial charge in [0.05, 0.1) is 0 Å². The molecule has 1 heterocycles. The lowest BCUT2D eigenvalue weighted by molar-refractivity contribution is -0.136. The maximum Gasteiger partial charge on any atom is 0.263 e. The van der Waals surface area contributed by atoms with Gasteiger partial charge in [0.2, 0.25) is 0 Å². The highest BCUT2D eigenvalue weighted by atomic mass is 35.5. The summed E-state index contributed by atoms with van der Waals surface area (Å²) in [6.07, 6.45) is 0.327. The second-order valence-electron chi connectivity index (χ2n) is 4.28. The lowest BCUT2D eigenvalue weighted by atomic mass is 10.1. The van der Waals surface area contributed by atoms with Gasteiger partial charge in [-0.3, -0.25) is 4.79 Å². The van der Waals surface area contributed by atoms with Gasteiger partial charge in [-0.2, -0.15) is 0 Å². The molecule has 1 aromatic rings. The molecule has 0 aliphatic carbocycles. The third-order valence-electron chi connectivity index (χ3n) is 3.00. The van der Waals surface area contributed by atoms with Crippen molar-refractivity contribution in [1.82, 2.24) is 10.2 Å². The van der Waals surface area contributed by atoms with Gasteiger partial charge in [0.15, 0.2) is 6.10 Å². The minimum absolute atomic E-state index is 0. The quantitative estimate of drug-likeness (QED) is 0.891. The van der Waals surface area contributed by atoms with Gasteiger partial charge in [-0.15, -0.1) is 12.4 Å². The summed E-state index contributed by atoms with van der Waals surface area (Å²) < 4.78 is 5.66. The number of rotatable bonds is 4. The highest BCUT2D eigenvalue weighted by Gasteiger charge is 2.30. The van der Waals surface area contributed by atoms with Crippen molar-refractivity contribution in [2.75, 3.05) is 27.2 Å². The van der Waals surface area contributed by atoms with Gasteiger partial charge >= 0.3 is 0 Å². The zero-order chi connectivity index (χ0) is 12.3. The molecule has 0 fully saturated rings. The van der Waals surface area contributed by atoms with Crippen LogP contribution in [0.15, 0.2) is 24.3 Å². The highest BCUT2D eigenvalue weighted by Crippen LogP contribution is 2.28. The molecular formula is C13H19ClN2O2. The number of nitrogens with zero attached hydrogens (tertiary/aromatic N) is 1. The molecule has 1 atom stereocenters. The molecule has 2 rings (SSSR count). The highest BCUT2D eigenvalue weighted by molar-refractivity contribution is 5.85. The van der Waals surface area contributed by atoms with Crippen molar-refractivity contribution in [3.05, 3.63) is 29.8 Å². The number of hydrogen-bond acceptors (Lipinski definition) is 3. The van der Waals surface area contributed by atoms with E-state index in [-0.39, 0.29) is 24.4 Å². The third kappa shape index (κ3) is 3.15. The maximum absolute atomic E-state index is 12.1. The number of halogens is 1. The molecule has 0 bridgehead atoms. The summed E-state index contributed by atoms with van der Waals surface area (Å²) in [7, 11) is 3.69. The molecule has 0 saturated carbocycles. The van der Waals surface area contributed by atoms with E-state index in [9.17, 15) is 4.79 Å². The number of fused-ring (bicyclic) bond motifs is 1. The Morgan fingerprint density at radius 1 is 1.50 bits per heavy atom. The first-order chi connectivity index (χ1) is 8.22. The minimum Gasteiger partial charge on any atom is -0.480 e. The van der Waals surface area contributed by atoms with Crippen molar-refractivity contribution in [1.29, 1.82) is 0 Å². The van der Waals surface area contributed by atoms with Crippen LogP contribution in [-0.4, -0.2) is 44.1 Å². The van der Waals surface area contributed by atoms with Crippen molar-refractivity contribution in [3.8, 4) is 5.75 Å². The standard InChI is InChI=1S/C13H18N2O2.ClH/c1-14-7-8-15(2)13(16)12-9-10-5-3-4-6-11(10)17-12;/h3-6,12,14H,7-9H2,1-2H3;1H. The first kappa shape index (κ1) is 14.8. The fraction of sp³-hybridized carbons (Fsp3) is 0.462. The van der Waals surface area contributed by atoms with E-state index in [0.29, 0.717) is 13.0 Å². The topological polar surface area (TPSA) is 41.6 Å². The number of carbonyl (C=O) groups is 1. The number of hydrogen-bond donors (Lipinski definition) is 1. The van der Waals surface area contributed by atoms with E-state index in [1.54, 1.807) is 4.90 Å². The van der Waals surface area contributed by atoms with Crippen molar-refractivity contribution in [3.63, 3.8) is 0 Å². The van der Waals surface area contributed by atoms with E-state index in [1.165, 1.54) is 0 Å². The van der Waals surface area contributed by atoms with E-state index in [1.807, 2.05) is 38.4 Å². The average molecular weight is 271 g/mol.